The number of rotatable bonds is 8. The minimum atomic E-state index is -1.48. The van der Waals surface area contributed by atoms with Crippen LogP contribution in [0.15, 0.2) is 60.8 Å². The number of benzene rings is 2. The maximum Gasteiger partial charge on any atom is 0.264 e. The lowest BCUT2D eigenvalue weighted by atomic mass is 9.97. The number of amides is 3. The largest absolute Gasteiger partial charge is 0.495 e. The zero-order valence-electron chi connectivity index (χ0n) is 21.0. The SMILES string of the molecule is COc1ccccc1NC(=O)C(C(N)=O)c1ccc(Oc2ccnc3cc(C(=O)N4CC(O)C4)sc23)c(F)c1.Cl. The van der Waals surface area contributed by atoms with Gasteiger partial charge >= 0.3 is 0 Å². The fraction of sp³-hybridized carbons (Fsp3) is 0.185. The van der Waals surface area contributed by atoms with E-state index in [1.807, 2.05) is 0 Å². The van der Waals surface area contributed by atoms with Gasteiger partial charge in [0.15, 0.2) is 11.6 Å². The summed E-state index contributed by atoms with van der Waals surface area (Å²) in [7, 11) is 1.44. The third kappa shape index (κ3) is 5.69. The predicted molar refractivity (Wildman–Crippen MR) is 149 cm³/mol. The van der Waals surface area contributed by atoms with Crippen molar-refractivity contribution in [1.29, 1.82) is 0 Å². The number of halogens is 2. The molecule has 2 aromatic heterocycles. The van der Waals surface area contributed by atoms with Crippen LogP contribution in [0.3, 0.4) is 0 Å². The number of β-amino-alcohol motifs (C(OH)–C–C–N with tert-alkyl or cyclic N) is 1. The van der Waals surface area contributed by atoms with Crippen molar-refractivity contribution in [2.75, 3.05) is 25.5 Å². The van der Waals surface area contributed by atoms with Crippen molar-refractivity contribution in [3.63, 3.8) is 0 Å². The van der Waals surface area contributed by atoms with Crippen LogP contribution in [0.25, 0.3) is 10.2 Å². The Morgan fingerprint density at radius 3 is 2.55 bits per heavy atom. The molecule has 0 spiro atoms. The van der Waals surface area contributed by atoms with Gasteiger partial charge in [-0.05, 0) is 35.9 Å². The molecule has 4 aromatic rings. The number of carbonyl (C=O) groups is 3. The van der Waals surface area contributed by atoms with Crippen molar-refractivity contribution in [1.82, 2.24) is 9.88 Å². The summed E-state index contributed by atoms with van der Waals surface area (Å²) in [4.78, 5) is 44.0. The average Bonchev–Trinajstić information content (AvgIpc) is 3.33. The molecule has 3 heterocycles. The van der Waals surface area contributed by atoms with Gasteiger partial charge in [-0.15, -0.1) is 23.7 Å². The molecule has 2 aromatic carbocycles. The first-order valence-corrected chi connectivity index (χ1v) is 12.6. The van der Waals surface area contributed by atoms with Crippen LogP contribution in [-0.4, -0.2) is 59.0 Å². The molecule has 40 heavy (non-hydrogen) atoms. The molecule has 1 aliphatic heterocycles. The molecule has 0 bridgehead atoms. The van der Waals surface area contributed by atoms with E-state index in [4.69, 9.17) is 15.2 Å². The van der Waals surface area contributed by atoms with E-state index >= 15 is 4.39 Å². The normalized spacial score (nSPS) is 13.6. The minimum Gasteiger partial charge on any atom is -0.495 e. The van der Waals surface area contributed by atoms with Gasteiger partial charge in [-0.3, -0.25) is 19.4 Å². The number of ether oxygens (including phenoxy) is 2. The first-order valence-electron chi connectivity index (χ1n) is 11.8. The number of aliphatic hydroxyl groups is 1. The van der Waals surface area contributed by atoms with E-state index in [1.165, 1.54) is 30.3 Å². The fourth-order valence-electron chi connectivity index (χ4n) is 4.17. The van der Waals surface area contributed by atoms with Gasteiger partial charge in [-0.2, -0.15) is 0 Å². The summed E-state index contributed by atoms with van der Waals surface area (Å²) in [6.45, 7) is 0.537. The predicted octanol–water partition coefficient (Wildman–Crippen LogP) is 3.68. The lowest BCUT2D eigenvalue weighted by Crippen LogP contribution is -2.53. The van der Waals surface area contributed by atoms with Crippen molar-refractivity contribution in [3.05, 3.63) is 77.1 Å². The first-order chi connectivity index (χ1) is 18.7. The van der Waals surface area contributed by atoms with Crippen molar-refractivity contribution >= 4 is 57.4 Å². The Balaban J connectivity index is 0.00000370. The van der Waals surface area contributed by atoms with Crippen molar-refractivity contribution in [2.45, 2.75) is 12.0 Å². The third-order valence-electron chi connectivity index (χ3n) is 6.16. The van der Waals surface area contributed by atoms with Crippen molar-refractivity contribution in [2.24, 2.45) is 5.73 Å². The van der Waals surface area contributed by atoms with Crippen LogP contribution < -0.4 is 20.5 Å². The van der Waals surface area contributed by atoms with E-state index in [1.54, 1.807) is 36.4 Å². The van der Waals surface area contributed by atoms with Crippen LogP contribution in [0.1, 0.15) is 21.2 Å². The van der Waals surface area contributed by atoms with Crippen LogP contribution in [0.4, 0.5) is 10.1 Å². The zero-order chi connectivity index (χ0) is 27.7. The van der Waals surface area contributed by atoms with Gasteiger partial charge in [-0.25, -0.2) is 4.39 Å². The van der Waals surface area contributed by atoms with E-state index in [9.17, 15) is 19.5 Å². The summed E-state index contributed by atoms with van der Waals surface area (Å²) < 4.78 is 26.7. The van der Waals surface area contributed by atoms with Gasteiger partial charge in [0.1, 0.15) is 17.4 Å². The highest BCUT2D eigenvalue weighted by atomic mass is 35.5. The number of nitrogens with two attached hydrogens (primary N) is 1. The van der Waals surface area contributed by atoms with Crippen LogP contribution in [0, 0.1) is 5.82 Å². The summed E-state index contributed by atoms with van der Waals surface area (Å²) in [5.74, 6) is -3.74. The van der Waals surface area contributed by atoms with Crippen LogP contribution in [0.2, 0.25) is 0 Å². The van der Waals surface area contributed by atoms with E-state index in [0.717, 1.165) is 17.4 Å². The second kappa shape index (κ2) is 11.9. The number of nitrogens with zero attached hydrogens (tertiary/aromatic N) is 2. The third-order valence-corrected chi connectivity index (χ3v) is 7.28. The standard InChI is InChI=1S/C27H23FN4O6S.ClH/c1-37-20-5-3-2-4-17(20)31-26(35)23(25(29)34)14-6-7-19(16(28)10-14)38-21-8-9-30-18-11-22(39-24(18)21)27(36)32-12-15(33)13-32;/h2-11,15,23,33H,12-13H2,1H3,(H2,29,34)(H,31,35);1H. The second-order valence-electron chi connectivity index (χ2n) is 8.81. The quantitative estimate of drug-likeness (QED) is 0.267. The number of likely N-dealkylation sites (tertiary alicyclic amines) is 1. The molecule has 10 nitrogen and oxygen atoms in total. The molecule has 1 fully saturated rings. The van der Waals surface area contributed by atoms with Gasteiger partial charge in [0, 0.05) is 25.4 Å². The van der Waals surface area contributed by atoms with Gasteiger partial charge in [0.25, 0.3) is 5.91 Å². The molecule has 1 unspecified atom stereocenters. The fourth-order valence-corrected chi connectivity index (χ4v) is 5.21. The Bertz CT molecular complexity index is 1590. The minimum absolute atomic E-state index is 0. The molecule has 1 atom stereocenters. The number of primary amides is 1. The Labute approximate surface area is 237 Å². The Morgan fingerprint density at radius 2 is 1.88 bits per heavy atom. The summed E-state index contributed by atoms with van der Waals surface area (Å²) >= 11 is 1.15. The van der Waals surface area contributed by atoms with Gasteiger partial charge in [0.05, 0.1) is 34.0 Å². The molecule has 0 radical (unpaired) electrons. The number of methoxy groups -OCH3 is 1. The number of anilines is 1. The monoisotopic (exact) mass is 586 g/mol. The second-order valence-corrected chi connectivity index (χ2v) is 9.87. The molecule has 1 aliphatic rings. The Kier molecular flexibility index (Phi) is 8.52. The maximum absolute atomic E-state index is 15.2. The number of hydrogen-bond donors (Lipinski definition) is 3. The van der Waals surface area contributed by atoms with E-state index in [-0.39, 0.29) is 48.5 Å². The van der Waals surface area contributed by atoms with Gasteiger partial charge < -0.3 is 30.5 Å². The Morgan fingerprint density at radius 1 is 1.12 bits per heavy atom. The molecule has 3 amide bonds. The number of carbonyl (C=O) groups excluding carboxylic acids is 3. The summed E-state index contributed by atoms with van der Waals surface area (Å²) in [6.07, 6.45) is 0.955. The summed E-state index contributed by atoms with van der Waals surface area (Å²) in [6, 6.07) is 13.5. The van der Waals surface area contributed by atoms with E-state index in [0.29, 0.717) is 26.5 Å². The van der Waals surface area contributed by atoms with Crippen LogP contribution in [0.5, 0.6) is 17.2 Å². The van der Waals surface area contributed by atoms with Crippen LogP contribution >= 0.6 is 23.7 Å². The maximum atomic E-state index is 15.2. The molecule has 13 heteroatoms. The number of para-hydroxylation sites is 2. The number of nitrogens with one attached hydrogen (secondary N) is 1. The highest BCUT2D eigenvalue weighted by molar-refractivity contribution is 7.21. The molecular formula is C27H24ClFN4O6S. The summed E-state index contributed by atoms with van der Waals surface area (Å²) in [5, 5.41) is 12.1. The molecule has 1 saturated heterocycles. The van der Waals surface area contributed by atoms with Gasteiger partial charge in [0.2, 0.25) is 11.8 Å². The molecule has 208 valence electrons. The highest BCUT2D eigenvalue weighted by Crippen LogP contribution is 2.37. The lowest BCUT2D eigenvalue weighted by Gasteiger charge is -2.35. The molecule has 0 saturated carbocycles. The molecular weight excluding hydrogens is 563 g/mol. The van der Waals surface area contributed by atoms with Crippen molar-refractivity contribution < 1.29 is 33.4 Å². The smallest absolute Gasteiger partial charge is 0.264 e. The number of hydrogen-bond acceptors (Lipinski definition) is 8. The highest BCUT2D eigenvalue weighted by Gasteiger charge is 2.31. The number of fused-ring (bicyclic) bond motifs is 1. The Hall–Kier alpha value is -4.26. The lowest BCUT2D eigenvalue weighted by molar-refractivity contribution is -0.127. The summed E-state index contributed by atoms with van der Waals surface area (Å²) in [5.41, 5.74) is 6.38. The van der Waals surface area contributed by atoms with Crippen LogP contribution in [-0.2, 0) is 9.59 Å². The van der Waals surface area contributed by atoms with E-state index < -0.39 is 29.7 Å². The number of aromatic nitrogens is 1. The van der Waals surface area contributed by atoms with E-state index in [2.05, 4.69) is 10.3 Å². The van der Waals surface area contributed by atoms with Crippen molar-refractivity contribution in [3.8, 4) is 17.2 Å². The zero-order valence-corrected chi connectivity index (χ0v) is 22.6. The first kappa shape index (κ1) is 28.7. The molecule has 4 N–H and O–H groups in total. The number of aliphatic hydroxyl groups excluding tert-OH is 1. The topological polar surface area (TPSA) is 144 Å². The van der Waals surface area contributed by atoms with Gasteiger partial charge in [-0.1, -0.05) is 18.2 Å². The molecule has 0 aliphatic carbocycles. The number of pyridine rings is 1. The average molecular weight is 587 g/mol. The molecule has 5 rings (SSSR count). The number of thiophene rings is 1.